The first-order valence-electron chi connectivity index (χ1n) is 10.5. The number of nitrogens with zero attached hydrogens (tertiary/aromatic N) is 4. The Morgan fingerprint density at radius 1 is 1.11 bits per heavy atom. The standard InChI is InChI=1S/C22H29N5O/c1-16-14-20(26-22(24-16)18-6-10-23-11-7-18)27-12-8-19(9-13-27)25-21(28)15-17-4-2-3-5-17/h6-7,10-11,14,17,19H,2-5,8-9,12-13,15H2,1H3,(H,25,28). The van der Waals surface area contributed by atoms with Gasteiger partial charge in [0.05, 0.1) is 0 Å². The van der Waals surface area contributed by atoms with Gasteiger partial charge in [-0.25, -0.2) is 9.97 Å². The fourth-order valence-electron chi connectivity index (χ4n) is 4.36. The second-order valence-electron chi connectivity index (χ2n) is 8.11. The third kappa shape index (κ3) is 4.66. The van der Waals surface area contributed by atoms with Gasteiger partial charge in [0.1, 0.15) is 5.82 Å². The van der Waals surface area contributed by atoms with Crippen LogP contribution in [-0.4, -0.2) is 40.0 Å². The fourth-order valence-corrected chi connectivity index (χ4v) is 4.36. The van der Waals surface area contributed by atoms with Gasteiger partial charge in [-0.1, -0.05) is 12.8 Å². The summed E-state index contributed by atoms with van der Waals surface area (Å²) in [4.78, 5) is 28.0. The zero-order chi connectivity index (χ0) is 19.3. The van der Waals surface area contributed by atoms with Gasteiger partial charge < -0.3 is 10.2 Å². The van der Waals surface area contributed by atoms with E-state index >= 15 is 0 Å². The first-order valence-corrected chi connectivity index (χ1v) is 10.5. The lowest BCUT2D eigenvalue weighted by molar-refractivity contribution is -0.122. The van der Waals surface area contributed by atoms with E-state index in [2.05, 4.69) is 20.2 Å². The highest BCUT2D eigenvalue weighted by Crippen LogP contribution is 2.28. The van der Waals surface area contributed by atoms with Crippen LogP contribution in [-0.2, 0) is 4.79 Å². The molecule has 0 spiro atoms. The molecule has 6 nitrogen and oxygen atoms in total. The molecule has 0 unspecified atom stereocenters. The molecule has 1 aliphatic carbocycles. The second kappa shape index (κ2) is 8.67. The van der Waals surface area contributed by atoms with E-state index in [0.29, 0.717) is 12.3 Å². The number of nitrogens with one attached hydrogen (secondary N) is 1. The van der Waals surface area contributed by atoms with Gasteiger partial charge in [-0.2, -0.15) is 0 Å². The van der Waals surface area contributed by atoms with Crippen molar-refractivity contribution in [2.24, 2.45) is 5.92 Å². The van der Waals surface area contributed by atoms with Gasteiger partial charge in [0, 0.05) is 55.3 Å². The largest absolute Gasteiger partial charge is 0.356 e. The summed E-state index contributed by atoms with van der Waals surface area (Å²) >= 11 is 0. The smallest absolute Gasteiger partial charge is 0.220 e. The van der Waals surface area contributed by atoms with Gasteiger partial charge >= 0.3 is 0 Å². The van der Waals surface area contributed by atoms with Crippen molar-refractivity contribution in [2.75, 3.05) is 18.0 Å². The maximum Gasteiger partial charge on any atom is 0.220 e. The zero-order valence-electron chi connectivity index (χ0n) is 16.6. The molecule has 3 heterocycles. The highest BCUT2D eigenvalue weighted by atomic mass is 16.1. The van der Waals surface area contributed by atoms with Crippen molar-refractivity contribution in [1.29, 1.82) is 0 Å². The maximum absolute atomic E-state index is 12.3. The number of carbonyl (C=O) groups is 1. The number of aryl methyl sites for hydroxylation is 1. The molecule has 28 heavy (non-hydrogen) atoms. The zero-order valence-corrected chi connectivity index (χ0v) is 16.6. The van der Waals surface area contributed by atoms with Gasteiger partial charge in [-0.15, -0.1) is 0 Å². The summed E-state index contributed by atoms with van der Waals surface area (Å²) in [6.45, 7) is 3.81. The van der Waals surface area contributed by atoms with Crippen LogP contribution < -0.4 is 10.2 Å². The molecule has 1 aliphatic heterocycles. The van der Waals surface area contributed by atoms with Crippen molar-refractivity contribution < 1.29 is 4.79 Å². The van der Waals surface area contributed by atoms with E-state index in [0.717, 1.165) is 48.8 Å². The van der Waals surface area contributed by atoms with E-state index < -0.39 is 0 Å². The average Bonchev–Trinajstić information content (AvgIpc) is 3.21. The molecule has 0 radical (unpaired) electrons. The monoisotopic (exact) mass is 379 g/mol. The summed E-state index contributed by atoms with van der Waals surface area (Å²) in [7, 11) is 0. The SMILES string of the molecule is Cc1cc(N2CCC(NC(=O)CC3CCCC3)CC2)nc(-c2ccncc2)n1. The lowest BCUT2D eigenvalue weighted by Crippen LogP contribution is -2.45. The number of pyridine rings is 1. The van der Waals surface area contributed by atoms with Crippen LogP contribution in [0.5, 0.6) is 0 Å². The molecular formula is C22H29N5O. The van der Waals surface area contributed by atoms with Crippen LogP contribution >= 0.6 is 0 Å². The van der Waals surface area contributed by atoms with Crippen molar-refractivity contribution >= 4 is 11.7 Å². The van der Waals surface area contributed by atoms with E-state index in [1.54, 1.807) is 12.4 Å². The molecule has 6 heteroatoms. The Morgan fingerprint density at radius 2 is 1.82 bits per heavy atom. The molecule has 1 amide bonds. The van der Waals surface area contributed by atoms with Crippen LogP contribution in [0.3, 0.4) is 0 Å². The van der Waals surface area contributed by atoms with Crippen molar-refractivity contribution in [2.45, 2.75) is 57.9 Å². The molecule has 2 aromatic heterocycles. The Morgan fingerprint density at radius 3 is 2.54 bits per heavy atom. The maximum atomic E-state index is 12.3. The molecule has 2 aliphatic rings. The molecule has 148 valence electrons. The van der Waals surface area contributed by atoms with Gasteiger partial charge in [-0.05, 0) is 50.7 Å². The number of aromatic nitrogens is 3. The summed E-state index contributed by atoms with van der Waals surface area (Å²) in [5, 5.41) is 3.26. The summed E-state index contributed by atoms with van der Waals surface area (Å²) in [6, 6.07) is 6.20. The van der Waals surface area contributed by atoms with Crippen LogP contribution in [0, 0.1) is 12.8 Å². The quantitative estimate of drug-likeness (QED) is 0.861. The van der Waals surface area contributed by atoms with Gasteiger partial charge in [-0.3, -0.25) is 9.78 Å². The van der Waals surface area contributed by atoms with E-state index in [9.17, 15) is 4.79 Å². The first kappa shape index (κ1) is 18.8. The molecule has 1 saturated heterocycles. The lowest BCUT2D eigenvalue weighted by Gasteiger charge is -2.33. The Labute approximate surface area is 166 Å². The number of carbonyl (C=O) groups excluding carboxylic acids is 1. The second-order valence-corrected chi connectivity index (χ2v) is 8.11. The molecule has 2 aromatic rings. The molecule has 0 atom stereocenters. The summed E-state index contributed by atoms with van der Waals surface area (Å²) < 4.78 is 0. The average molecular weight is 380 g/mol. The van der Waals surface area contributed by atoms with E-state index in [-0.39, 0.29) is 11.9 Å². The highest BCUT2D eigenvalue weighted by molar-refractivity contribution is 5.76. The topological polar surface area (TPSA) is 71.0 Å². The van der Waals surface area contributed by atoms with Gasteiger partial charge in [0.15, 0.2) is 5.82 Å². The Balaban J connectivity index is 1.34. The van der Waals surface area contributed by atoms with E-state index in [4.69, 9.17) is 4.98 Å². The molecule has 1 N–H and O–H groups in total. The lowest BCUT2D eigenvalue weighted by atomic mass is 10.0. The number of rotatable bonds is 5. The molecule has 0 bridgehead atoms. The molecule has 2 fully saturated rings. The van der Waals surface area contributed by atoms with Crippen molar-refractivity contribution in [3.63, 3.8) is 0 Å². The van der Waals surface area contributed by atoms with Crippen LogP contribution in [0.2, 0.25) is 0 Å². The van der Waals surface area contributed by atoms with Gasteiger partial charge in [0.25, 0.3) is 0 Å². The summed E-state index contributed by atoms with van der Waals surface area (Å²) in [5.41, 5.74) is 1.94. The number of piperidine rings is 1. The van der Waals surface area contributed by atoms with Gasteiger partial charge in [0.2, 0.25) is 5.91 Å². The Hall–Kier alpha value is -2.50. The molecular weight excluding hydrogens is 350 g/mol. The van der Waals surface area contributed by atoms with Crippen LogP contribution in [0.25, 0.3) is 11.4 Å². The summed E-state index contributed by atoms with van der Waals surface area (Å²) in [5.74, 6) is 2.55. The predicted molar refractivity (Wildman–Crippen MR) is 110 cm³/mol. The third-order valence-corrected chi connectivity index (χ3v) is 5.91. The third-order valence-electron chi connectivity index (χ3n) is 5.91. The minimum Gasteiger partial charge on any atom is -0.356 e. The first-order chi connectivity index (χ1) is 13.7. The number of anilines is 1. The van der Waals surface area contributed by atoms with Crippen LogP contribution in [0.1, 0.15) is 50.6 Å². The van der Waals surface area contributed by atoms with Crippen molar-refractivity contribution in [3.8, 4) is 11.4 Å². The van der Waals surface area contributed by atoms with Crippen LogP contribution in [0.4, 0.5) is 5.82 Å². The molecule has 0 aromatic carbocycles. The predicted octanol–water partition coefficient (Wildman–Crippen LogP) is 3.51. The Kier molecular flexibility index (Phi) is 5.84. The fraction of sp³-hybridized carbons (Fsp3) is 0.545. The minimum absolute atomic E-state index is 0.239. The molecule has 1 saturated carbocycles. The summed E-state index contributed by atoms with van der Waals surface area (Å²) in [6.07, 6.45) is 11.2. The highest BCUT2D eigenvalue weighted by Gasteiger charge is 2.24. The van der Waals surface area contributed by atoms with Crippen molar-refractivity contribution in [1.82, 2.24) is 20.3 Å². The number of hydrogen-bond donors (Lipinski definition) is 1. The molecule has 4 rings (SSSR count). The number of amides is 1. The van der Waals surface area contributed by atoms with E-state index in [1.807, 2.05) is 25.1 Å². The van der Waals surface area contributed by atoms with Crippen molar-refractivity contribution in [3.05, 3.63) is 36.3 Å². The number of hydrogen-bond acceptors (Lipinski definition) is 5. The van der Waals surface area contributed by atoms with E-state index in [1.165, 1.54) is 25.7 Å². The van der Waals surface area contributed by atoms with Crippen LogP contribution in [0.15, 0.2) is 30.6 Å². The Bertz CT molecular complexity index is 796. The normalized spacial score (nSPS) is 18.4. The minimum atomic E-state index is 0.239.